The molecular formula is C15H20N4O2. The third-order valence-electron chi connectivity index (χ3n) is 4.20. The highest BCUT2D eigenvalue weighted by Gasteiger charge is 2.34. The van der Waals surface area contributed by atoms with Crippen LogP contribution in [-0.4, -0.2) is 45.3 Å². The second kappa shape index (κ2) is 5.04. The van der Waals surface area contributed by atoms with Crippen molar-refractivity contribution in [3.63, 3.8) is 0 Å². The quantitative estimate of drug-likeness (QED) is 0.746. The Morgan fingerprint density at radius 2 is 2.19 bits per heavy atom. The van der Waals surface area contributed by atoms with E-state index in [-0.39, 0.29) is 5.91 Å². The Morgan fingerprint density at radius 3 is 2.90 bits per heavy atom. The molecule has 1 aromatic carbocycles. The molecule has 4 N–H and O–H groups in total. The molecule has 1 heterocycles. The lowest BCUT2D eigenvalue weighted by molar-refractivity contribution is 0.0155. The third kappa shape index (κ3) is 2.58. The molecule has 0 aliphatic heterocycles. The molecule has 0 radical (unpaired) electrons. The van der Waals surface area contributed by atoms with Gasteiger partial charge in [0.05, 0.1) is 11.1 Å². The summed E-state index contributed by atoms with van der Waals surface area (Å²) in [6, 6.07) is 5.31. The zero-order valence-corrected chi connectivity index (χ0v) is 12.1. The van der Waals surface area contributed by atoms with Gasteiger partial charge in [-0.2, -0.15) is 5.10 Å². The Balaban J connectivity index is 1.84. The van der Waals surface area contributed by atoms with Crippen LogP contribution in [0.2, 0.25) is 0 Å². The molecular weight excluding hydrogens is 268 g/mol. The summed E-state index contributed by atoms with van der Waals surface area (Å²) in [4.78, 5) is 14.1. The SMILES string of the molecule is CN(CC1(O)CCCC1)C(=O)c1n[nH]c2ccc(N)cc12. The summed E-state index contributed by atoms with van der Waals surface area (Å²) in [5, 5.41) is 18.1. The van der Waals surface area contributed by atoms with E-state index in [1.807, 2.05) is 0 Å². The predicted molar refractivity (Wildman–Crippen MR) is 80.9 cm³/mol. The average molecular weight is 288 g/mol. The molecule has 2 aromatic rings. The Kier molecular flexibility index (Phi) is 3.33. The Labute approximate surface area is 122 Å². The molecule has 1 aliphatic rings. The van der Waals surface area contributed by atoms with Gasteiger partial charge in [0.2, 0.25) is 0 Å². The first-order chi connectivity index (χ1) is 9.98. The van der Waals surface area contributed by atoms with E-state index in [1.165, 1.54) is 0 Å². The van der Waals surface area contributed by atoms with E-state index in [2.05, 4.69) is 10.2 Å². The number of carbonyl (C=O) groups excluding carboxylic acids is 1. The van der Waals surface area contributed by atoms with Crippen molar-refractivity contribution in [3.8, 4) is 0 Å². The summed E-state index contributed by atoms with van der Waals surface area (Å²) < 4.78 is 0. The summed E-state index contributed by atoms with van der Waals surface area (Å²) in [6.07, 6.45) is 3.53. The molecule has 0 unspecified atom stereocenters. The number of likely N-dealkylation sites (N-methyl/N-ethyl adjacent to an activating group) is 1. The van der Waals surface area contributed by atoms with Crippen molar-refractivity contribution in [2.24, 2.45) is 0 Å². The van der Waals surface area contributed by atoms with Gasteiger partial charge in [-0.3, -0.25) is 9.89 Å². The molecule has 1 fully saturated rings. The molecule has 1 saturated carbocycles. The van der Waals surface area contributed by atoms with Crippen LogP contribution < -0.4 is 5.73 Å². The normalized spacial score (nSPS) is 17.2. The molecule has 3 rings (SSSR count). The molecule has 0 atom stereocenters. The standard InChI is InChI=1S/C15H20N4O2/c1-19(9-15(21)6-2-3-7-15)14(20)13-11-8-10(16)4-5-12(11)17-18-13/h4-5,8,21H,2-3,6-7,9,16H2,1H3,(H,17,18). The minimum absolute atomic E-state index is 0.202. The number of fused-ring (bicyclic) bond motifs is 1. The summed E-state index contributed by atoms with van der Waals surface area (Å²) >= 11 is 0. The molecule has 1 aromatic heterocycles. The van der Waals surface area contributed by atoms with Crippen LogP contribution in [0.15, 0.2) is 18.2 Å². The summed E-state index contributed by atoms with van der Waals surface area (Å²) in [5.41, 5.74) is 6.74. The van der Waals surface area contributed by atoms with Crippen molar-refractivity contribution >= 4 is 22.5 Å². The van der Waals surface area contributed by atoms with Crippen molar-refractivity contribution < 1.29 is 9.90 Å². The van der Waals surface area contributed by atoms with Crippen LogP contribution in [-0.2, 0) is 0 Å². The molecule has 6 heteroatoms. The van der Waals surface area contributed by atoms with E-state index >= 15 is 0 Å². The minimum atomic E-state index is -0.754. The molecule has 6 nitrogen and oxygen atoms in total. The monoisotopic (exact) mass is 288 g/mol. The Hall–Kier alpha value is -2.08. The van der Waals surface area contributed by atoms with Gasteiger partial charge in [0.1, 0.15) is 0 Å². The van der Waals surface area contributed by atoms with Gasteiger partial charge in [-0.15, -0.1) is 0 Å². The zero-order chi connectivity index (χ0) is 15.0. The number of benzene rings is 1. The lowest BCUT2D eigenvalue weighted by Crippen LogP contribution is -2.42. The topological polar surface area (TPSA) is 95.2 Å². The van der Waals surface area contributed by atoms with E-state index in [9.17, 15) is 9.90 Å². The number of H-pyrrole nitrogens is 1. The van der Waals surface area contributed by atoms with Crippen molar-refractivity contribution in [2.45, 2.75) is 31.3 Å². The second-order valence-corrected chi connectivity index (χ2v) is 5.97. The smallest absolute Gasteiger partial charge is 0.274 e. The number of carbonyl (C=O) groups is 1. The molecule has 0 spiro atoms. The van der Waals surface area contributed by atoms with Gasteiger partial charge in [-0.05, 0) is 31.0 Å². The molecule has 1 aliphatic carbocycles. The molecule has 1 amide bonds. The number of aliphatic hydroxyl groups is 1. The minimum Gasteiger partial charge on any atom is -0.399 e. The molecule has 0 saturated heterocycles. The van der Waals surface area contributed by atoms with E-state index in [0.717, 1.165) is 31.2 Å². The van der Waals surface area contributed by atoms with Crippen molar-refractivity contribution in [2.75, 3.05) is 19.3 Å². The van der Waals surface area contributed by atoms with Gasteiger partial charge in [-0.25, -0.2) is 0 Å². The van der Waals surface area contributed by atoms with Gasteiger partial charge in [0.15, 0.2) is 5.69 Å². The first-order valence-electron chi connectivity index (χ1n) is 7.20. The highest BCUT2D eigenvalue weighted by atomic mass is 16.3. The van der Waals surface area contributed by atoms with E-state index in [1.54, 1.807) is 30.1 Å². The number of nitrogens with two attached hydrogens (primary N) is 1. The van der Waals surface area contributed by atoms with Crippen LogP contribution in [0.3, 0.4) is 0 Å². The van der Waals surface area contributed by atoms with E-state index in [4.69, 9.17) is 5.73 Å². The van der Waals surface area contributed by atoms with Crippen LogP contribution in [0.4, 0.5) is 5.69 Å². The van der Waals surface area contributed by atoms with Gasteiger partial charge in [0.25, 0.3) is 5.91 Å². The number of hydrogen-bond donors (Lipinski definition) is 3. The number of nitrogens with one attached hydrogen (secondary N) is 1. The van der Waals surface area contributed by atoms with Gasteiger partial charge >= 0.3 is 0 Å². The highest BCUT2D eigenvalue weighted by Crippen LogP contribution is 2.30. The Bertz CT molecular complexity index is 673. The van der Waals surface area contributed by atoms with E-state index < -0.39 is 5.60 Å². The highest BCUT2D eigenvalue weighted by molar-refractivity contribution is 6.05. The van der Waals surface area contributed by atoms with Gasteiger partial charge in [0, 0.05) is 24.7 Å². The molecule has 112 valence electrons. The number of aromatic amines is 1. The number of nitrogens with zero attached hydrogens (tertiary/aromatic N) is 2. The lowest BCUT2D eigenvalue weighted by Gasteiger charge is -2.28. The number of nitrogen functional groups attached to an aromatic ring is 1. The first-order valence-corrected chi connectivity index (χ1v) is 7.20. The lowest BCUT2D eigenvalue weighted by atomic mass is 10.0. The fraction of sp³-hybridized carbons (Fsp3) is 0.467. The Morgan fingerprint density at radius 1 is 1.48 bits per heavy atom. The predicted octanol–water partition coefficient (Wildman–Crippen LogP) is 1.52. The number of hydrogen-bond acceptors (Lipinski definition) is 4. The maximum atomic E-state index is 12.6. The fourth-order valence-corrected chi connectivity index (χ4v) is 3.08. The van der Waals surface area contributed by atoms with Crippen molar-refractivity contribution in [1.82, 2.24) is 15.1 Å². The largest absolute Gasteiger partial charge is 0.399 e. The van der Waals surface area contributed by atoms with Crippen LogP contribution in [0.5, 0.6) is 0 Å². The number of anilines is 1. The number of rotatable bonds is 3. The van der Waals surface area contributed by atoms with Crippen LogP contribution in [0, 0.1) is 0 Å². The second-order valence-electron chi connectivity index (χ2n) is 5.97. The van der Waals surface area contributed by atoms with Crippen molar-refractivity contribution in [1.29, 1.82) is 0 Å². The van der Waals surface area contributed by atoms with Crippen molar-refractivity contribution in [3.05, 3.63) is 23.9 Å². The first kappa shape index (κ1) is 13.9. The van der Waals surface area contributed by atoms with E-state index in [0.29, 0.717) is 23.3 Å². The summed E-state index contributed by atoms with van der Waals surface area (Å²) in [7, 11) is 1.70. The maximum Gasteiger partial charge on any atom is 0.274 e. The summed E-state index contributed by atoms with van der Waals surface area (Å²) in [6.45, 7) is 0.336. The molecule has 21 heavy (non-hydrogen) atoms. The van der Waals surface area contributed by atoms with Crippen LogP contribution >= 0.6 is 0 Å². The van der Waals surface area contributed by atoms with Gasteiger partial charge in [-0.1, -0.05) is 12.8 Å². The zero-order valence-electron chi connectivity index (χ0n) is 12.1. The van der Waals surface area contributed by atoms with Crippen LogP contribution in [0.25, 0.3) is 10.9 Å². The third-order valence-corrected chi connectivity index (χ3v) is 4.20. The molecule has 0 bridgehead atoms. The number of amides is 1. The fourth-order valence-electron chi connectivity index (χ4n) is 3.08. The average Bonchev–Trinajstić information content (AvgIpc) is 3.04. The number of aromatic nitrogens is 2. The van der Waals surface area contributed by atoms with Gasteiger partial charge < -0.3 is 15.7 Å². The maximum absolute atomic E-state index is 12.6. The summed E-state index contributed by atoms with van der Waals surface area (Å²) in [5.74, 6) is -0.202. The van der Waals surface area contributed by atoms with Crippen LogP contribution in [0.1, 0.15) is 36.2 Å².